The van der Waals surface area contributed by atoms with E-state index in [0.29, 0.717) is 0 Å². The van der Waals surface area contributed by atoms with Crippen molar-refractivity contribution in [2.45, 2.75) is 19.3 Å². The van der Waals surface area contributed by atoms with Crippen LogP contribution in [0, 0.1) is 0 Å². The summed E-state index contributed by atoms with van der Waals surface area (Å²) in [6, 6.07) is 81.9. The molecule has 1 aliphatic carbocycles. The molecule has 2 nitrogen and oxygen atoms in total. The van der Waals surface area contributed by atoms with E-state index in [0.717, 1.165) is 5.69 Å². The Morgan fingerprint density at radius 2 is 0.933 bits per heavy atom. The van der Waals surface area contributed by atoms with Crippen LogP contribution in [0.25, 0.3) is 66.1 Å². The third-order valence-corrected chi connectivity index (χ3v) is 18.2. The molecule has 0 amide bonds. The number of benzene rings is 9. The van der Waals surface area contributed by atoms with Crippen LogP contribution in [-0.4, -0.2) is 17.2 Å². The molecule has 0 bridgehead atoms. The van der Waals surface area contributed by atoms with Crippen LogP contribution in [0.5, 0.6) is 0 Å². The highest BCUT2D eigenvalue weighted by Gasteiger charge is 2.44. The molecule has 0 spiro atoms. The third kappa shape index (κ3) is 4.75. The van der Waals surface area contributed by atoms with Gasteiger partial charge in [0.25, 0.3) is 0 Å². The van der Waals surface area contributed by atoms with Crippen molar-refractivity contribution in [1.29, 1.82) is 0 Å². The van der Waals surface area contributed by atoms with Crippen LogP contribution in [0.3, 0.4) is 0 Å². The Kier molecular flexibility index (Phi) is 7.63. The highest BCUT2D eigenvalue weighted by molar-refractivity contribution is 7.20. The van der Waals surface area contributed by atoms with Gasteiger partial charge in [-0.05, 0) is 85.5 Å². The Balaban J connectivity index is 1.20. The Bertz CT molecular complexity index is 3410. The van der Waals surface area contributed by atoms with Crippen LogP contribution in [0.1, 0.15) is 25.0 Å². The van der Waals surface area contributed by atoms with E-state index in [9.17, 15) is 0 Å². The Morgan fingerprint density at radius 3 is 1.67 bits per heavy atom. The first kappa shape index (κ1) is 34.8. The molecule has 2 heterocycles. The summed E-state index contributed by atoms with van der Waals surface area (Å²) in [6.07, 6.45) is 0. The molecule has 1 aliphatic rings. The van der Waals surface area contributed by atoms with Crippen LogP contribution in [-0.2, 0) is 5.41 Å². The fraction of sp³-hybridized carbons (Fsp3) is 0.0526. The zero-order valence-corrected chi connectivity index (χ0v) is 34.7. The molecule has 60 heavy (non-hydrogen) atoms. The van der Waals surface area contributed by atoms with Crippen molar-refractivity contribution in [2.24, 2.45) is 0 Å². The maximum atomic E-state index is 2.53. The Hall–Kier alpha value is -7.20. The van der Waals surface area contributed by atoms with Crippen molar-refractivity contribution in [3.8, 4) is 22.5 Å². The summed E-state index contributed by atoms with van der Waals surface area (Å²) in [6.45, 7) is 4.80. The molecule has 11 aromatic rings. The van der Waals surface area contributed by atoms with Crippen molar-refractivity contribution >= 4 is 72.4 Å². The van der Waals surface area contributed by atoms with Crippen molar-refractivity contribution < 1.29 is 0 Å². The lowest BCUT2D eigenvalue weighted by Gasteiger charge is -2.35. The van der Waals surface area contributed by atoms with Gasteiger partial charge in [0, 0.05) is 38.3 Å². The molecule has 0 saturated carbocycles. The molecule has 12 rings (SSSR count). The predicted molar refractivity (Wildman–Crippen MR) is 256 cm³/mol. The molecule has 0 saturated heterocycles. The minimum atomic E-state index is -3.09. The first-order valence-electron chi connectivity index (χ1n) is 21.0. The van der Waals surface area contributed by atoms with Crippen LogP contribution in [0.4, 0.5) is 0 Å². The fourth-order valence-electron chi connectivity index (χ4n) is 11.0. The van der Waals surface area contributed by atoms with Crippen LogP contribution in [0.15, 0.2) is 218 Å². The molecule has 0 radical (unpaired) electrons. The first-order chi connectivity index (χ1) is 29.6. The first-order valence-corrected chi connectivity index (χ1v) is 23.0. The van der Waals surface area contributed by atoms with Crippen LogP contribution in [0.2, 0.25) is 0 Å². The van der Waals surface area contributed by atoms with Crippen molar-refractivity contribution in [1.82, 2.24) is 9.13 Å². The number of para-hydroxylation sites is 4. The second kappa shape index (κ2) is 13.2. The minimum Gasteiger partial charge on any atom is -0.309 e. The van der Waals surface area contributed by atoms with Crippen LogP contribution >= 0.6 is 0 Å². The van der Waals surface area contributed by atoms with Gasteiger partial charge in [-0.2, -0.15) is 0 Å². The highest BCUT2D eigenvalue weighted by atomic mass is 28.3. The number of nitrogens with zero attached hydrogens (tertiary/aromatic N) is 2. The summed E-state index contributed by atoms with van der Waals surface area (Å²) < 4.78 is 5.05. The van der Waals surface area contributed by atoms with E-state index in [4.69, 9.17) is 0 Å². The molecular formula is C57H42N2Si. The van der Waals surface area contributed by atoms with Gasteiger partial charge in [-0.25, -0.2) is 0 Å². The van der Waals surface area contributed by atoms with E-state index in [1.165, 1.54) is 92.3 Å². The largest absolute Gasteiger partial charge is 0.309 e. The molecular weight excluding hydrogens is 741 g/mol. The van der Waals surface area contributed by atoms with Crippen LogP contribution < -0.4 is 20.7 Å². The van der Waals surface area contributed by atoms with E-state index in [1.54, 1.807) is 0 Å². The molecule has 3 heteroatoms. The predicted octanol–water partition coefficient (Wildman–Crippen LogP) is 11.6. The van der Waals surface area contributed by atoms with E-state index in [-0.39, 0.29) is 5.41 Å². The lowest BCUT2D eigenvalue weighted by Crippen LogP contribution is -2.75. The summed E-state index contributed by atoms with van der Waals surface area (Å²) in [4.78, 5) is 0. The average Bonchev–Trinajstić information content (AvgIpc) is 3.91. The normalized spacial score (nSPS) is 13.3. The summed E-state index contributed by atoms with van der Waals surface area (Å²) >= 11 is 0. The average molecular weight is 783 g/mol. The van der Waals surface area contributed by atoms with Gasteiger partial charge in [0.2, 0.25) is 0 Å². The Morgan fingerprint density at radius 1 is 0.383 bits per heavy atom. The van der Waals surface area contributed by atoms with Gasteiger partial charge in [-0.3, -0.25) is 0 Å². The molecule has 0 atom stereocenters. The van der Waals surface area contributed by atoms with Crippen molar-refractivity contribution in [3.63, 3.8) is 0 Å². The maximum absolute atomic E-state index is 3.09. The maximum Gasteiger partial charge on any atom is 0.181 e. The molecule has 0 N–H and O–H groups in total. The highest BCUT2D eigenvalue weighted by Crippen LogP contribution is 2.53. The third-order valence-electron chi connectivity index (χ3n) is 13.4. The van der Waals surface area contributed by atoms with Crippen molar-refractivity contribution in [2.75, 3.05) is 0 Å². The number of fused-ring (bicyclic) bond motifs is 10. The number of rotatable bonds is 6. The summed E-state index contributed by atoms with van der Waals surface area (Å²) in [5, 5.41) is 10.6. The second-order valence-electron chi connectivity index (χ2n) is 16.8. The van der Waals surface area contributed by atoms with Gasteiger partial charge in [-0.15, -0.1) is 0 Å². The van der Waals surface area contributed by atoms with Crippen molar-refractivity contribution in [3.05, 3.63) is 230 Å². The smallest absolute Gasteiger partial charge is 0.181 e. The zero-order chi connectivity index (χ0) is 40.0. The quantitative estimate of drug-likeness (QED) is 0.117. The van der Waals surface area contributed by atoms with Gasteiger partial charge in [0.1, 0.15) is 0 Å². The monoisotopic (exact) mass is 782 g/mol. The fourth-order valence-corrected chi connectivity index (χ4v) is 16.0. The lowest BCUT2D eigenvalue weighted by atomic mass is 9.80. The van der Waals surface area contributed by atoms with Gasteiger partial charge in [0.15, 0.2) is 8.07 Å². The summed E-state index contributed by atoms with van der Waals surface area (Å²) in [5.41, 5.74) is 12.7. The Labute approximate surface area is 351 Å². The van der Waals surface area contributed by atoms with Gasteiger partial charge >= 0.3 is 0 Å². The molecule has 2 aromatic heterocycles. The standard InChI is InChI=1S/C57H42N2Si/c1-57(2)49-32-15-12-28-44(49)46-36-37-52-54(55(46)57)48-30-14-17-34-51(48)58(52)40-22-18-27-43(38-40)60(41-23-8-4-9-24-41,42-25-10-5-11-26-42)53-35-19-31-47-45-29-13-16-33-50(45)59(56(47)53)39-20-6-3-7-21-39/h3-38H,1-2H3. The topological polar surface area (TPSA) is 9.86 Å². The molecule has 0 aliphatic heterocycles. The SMILES string of the molecule is CC1(C)c2ccccc2-c2ccc3c(c21)c1ccccc1n3-c1cccc([Si](c2ccccc2)(c2ccccc2)c2cccc3c4ccccc4n(-c4ccccc4)c23)c1. The van der Waals surface area contributed by atoms with E-state index < -0.39 is 8.07 Å². The lowest BCUT2D eigenvalue weighted by molar-refractivity contribution is 0.666. The molecule has 9 aromatic carbocycles. The molecule has 0 unspecified atom stereocenters. The molecule has 0 fully saturated rings. The van der Waals surface area contributed by atoms with Gasteiger partial charge in [-0.1, -0.05) is 190 Å². The van der Waals surface area contributed by atoms with E-state index in [1.807, 2.05) is 0 Å². The van der Waals surface area contributed by atoms with Gasteiger partial charge < -0.3 is 9.13 Å². The number of hydrogen-bond donors (Lipinski definition) is 0. The van der Waals surface area contributed by atoms with E-state index in [2.05, 4.69) is 241 Å². The summed E-state index contributed by atoms with van der Waals surface area (Å²) in [7, 11) is -3.09. The van der Waals surface area contributed by atoms with Gasteiger partial charge in [0.05, 0.1) is 22.1 Å². The second-order valence-corrected chi connectivity index (χ2v) is 20.6. The number of aromatic nitrogens is 2. The van der Waals surface area contributed by atoms with E-state index >= 15 is 0 Å². The number of hydrogen-bond acceptors (Lipinski definition) is 0. The zero-order valence-electron chi connectivity index (χ0n) is 33.7. The minimum absolute atomic E-state index is 0.138. The summed E-state index contributed by atoms with van der Waals surface area (Å²) in [5.74, 6) is 0. The molecule has 284 valence electrons.